The van der Waals surface area contributed by atoms with Crippen LogP contribution in [-0.2, 0) is 16.8 Å². The lowest BCUT2D eigenvalue weighted by atomic mass is 9.86. The lowest BCUT2D eigenvalue weighted by Crippen LogP contribution is -2.21. The third kappa shape index (κ3) is 5.04. The van der Waals surface area contributed by atoms with Gasteiger partial charge in [0.15, 0.2) is 6.10 Å². The summed E-state index contributed by atoms with van der Waals surface area (Å²) in [4.78, 5) is 20.5. The minimum Gasteiger partial charge on any atom is -0.378 e. The fourth-order valence-corrected chi connectivity index (χ4v) is 2.94. The van der Waals surface area contributed by atoms with Crippen molar-refractivity contribution in [1.82, 2.24) is 9.97 Å². The van der Waals surface area contributed by atoms with Crippen molar-refractivity contribution in [3.8, 4) is 11.1 Å². The summed E-state index contributed by atoms with van der Waals surface area (Å²) in [6.07, 6.45) is 1.62. The van der Waals surface area contributed by atoms with Crippen LogP contribution in [0, 0.1) is 0 Å². The maximum absolute atomic E-state index is 12.4. The van der Waals surface area contributed by atoms with Crippen LogP contribution in [0.2, 0.25) is 0 Å². The molecule has 2 aromatic carbocycles. The van der Waals surface area contributed by atoms with E-state index in [4.69, 9.17) is 5.73 Å². The third-order valence-corrected chi connectivity index (χ3v) is 4.69. The Morgan fingerprint density at radius 1 is 1.07 bits per heavy atom. The maximum atomic E-state index is 12.4. The van der Waals surface area contributed by atoms with Gasteiger partial charge in [0.1, 0.15) is 5.82 Å². The molecule has 1 unspecified atom stereocenters. The Morgan fingerprint density at radius 2 is 1.72 bits per heavy atom. The van der Waals surface area contributed by atoms with E-state index < -0.39 is 12.0 Å². The van der Waals surface area contributed by atoms with Gasteiger partial charge in [-0.3, -0.25) is 4.79 Å². The van der Waals surface area contributed by atoms with Crippen LogP contribution in [0.25, 0.3) is 11.1 Å². The molecule has 0 saturated heterocycles. The Morgan fingerprint density at radius 3 is 2.31 bits per heavy atom. The average molecular weight is 390 g/mol. The van der Waals surface area contributed by atoms with Crippen LogP contribution >= 0.6 is 0 Å². The number of amides is 1. The largest absolute Gasteiger partial charge is 0.378 e. The van der Waals surface area contributed by atoms with E-state index in [9.17, 15) is 9.90 Å². The van der Waals surface area contributed by atoms with Crippen LogP contribution in [-0.4, -0.2) is 21.0 Å². The highest BCUT2D eigenvalue weighted by Gasteiger charge is 2.19. The number of nitrogens with one attached hydrogen (secondary N) is 1. The molecule has 0 aliphatic rings. The lowest BCUT2D eigenvalue weighted by Gasteiger charge is -2.19. The minimum atomic E-state index is -1.31. The van der Waals surface area contributed by atoms with Gasteiger partial charge in [0.05, 0.1) is 24.6 Å². The highest BCUT2D eigenvalue weighted by atomic mass is 16.3. The smallest absolute Gasteiger partial charge is 0.257 e. The van der Waals surface area contributed by atoms with E-state index in [1.807, 2.05) is 18.2 Å². The molecule has 4 N–H and O–H groups in total. The highest BCUT2D eigenvalue weighted by Crippen LogP contribution is 2.28. The first-order valence-corrected chi connectivity index (χ1v) is 9.49. The predicted octanol–water partition coefficient (Wildman–Crippen LogP) is 3.57. The van der Waals surface area contributed by atoms with Crippen LogP contribution in [0.3, 0.4) is 0 Å². The number of hydrogen-bond acceptors (Lipinski definition) is 5. The van der Waals surface area contributed by atoms with Crippen molar-refractivity contribution in [2.24, 2.45) is 5.73 Å². The van der Waals surface area contributed by atoms with E-state index in [1.54, 1.807) is 6.07 Å². The quantitative estimate of drug-likeness (QED) is 0.618. The zero-order valence-corrected chi connectivity index (χ0v) is 16.9. The molecule has 0 saturated carbocycles. The summed E-state index contributed by atoms with van der Waals surface area (Å²) in [5.41, 5.74) is 9.68. The third-order valence-electron chi connectivity index (χ3n) is 4.69. The zero-order chi connectivity index (χ0) is 21.0. The standard InChI is InChI=1S/C23H26N4O2/c1-23(2,3)18-9-7-15(8-10-18)16-5-4-6-17(11-16)21(28)22(29)27-19-13-25-20(12-24)26-14-19/h4-11,13-14,21,28H,12,24H2,1-3H3,(H,27,29). The average Bonchev–Trinajstić information content (AvgIpc) is 2.73. The van der Waals surface area contributed by atoms with E-state index in [1.165, 1.54) is 18.0 Å². The van der Waals surface area contributed by atoms with Crippen LogP contribution in [0.15, 0.2) is 60.9 Å². The number of anilines is 1. The Balaban J connectivity index is 1.76. The number of aliphatic hydroxyl groups is 1. The van der Waals surface area contributed by atoms with Crippen molar-refractivity contribution in [2.75, 3.05) is 5.32 Å². The second kappa shape index (κ2) is 8.51. The number of hydrogen-bond donors (Lipinski definition) is 3. The second-order valence-corrected chi connectivity index (χ2v) is 7.94. The first-order valence-electron chi connectivity index (χ1n) is 9.49. The van der Waals surface area contributed by atoms with Gasteiger partial charge in [-0.2, -0.15) is 0 Å². The number of nitrogens with zero attached hydrogens (tertiary/aromatic N) is 2. The van der Waals surface area contributed by atoms with Gasteiger partial charge in [-0.15, -0.1) is 0 Å². The summed E-state index contributed by atoms with van der Waals surface area (Å²) in [5.74, 6) is -0.0666. The molecule has 0 fully saturated rings. The first-order chi connectivity index (χ1) is 13.8. The van der Waals surface area contributed by atoms with Gasteiger partial charge in [0.2, 0.25) is 0 Å². The summed E-state index contributed by atoms with van der Waals surface area (Å²) in [6.45, 7) is 6.74. The molecule has 6 nitrogen and oxygen atoms in total. The van der Waals surface area contributed by atoms with Crippen molar-refractivity contribution in [3.05, 3.63) is 77.9 Å². The molecule has 0 spiro atoms. The van der Waals surface area contributed by atoms with Gasteiger partial charge in [0, 0.05) is 0 Å². The fraction of sp³-hybridized carbons (Fsp3) is 0.261. The minimum absolute atomic E-state index is 0.0841. The Hall–Kier alpha value is -3.09. The van der Waals surface area contributed by atoms with Crippen molar-refractivity contribution in [1.29, 1.82) is 0 Å². The number of carbonyl (C=O) groups is 1. The van der Waals surface area contributed by atoms with Crippen LogP contribution in [0.4, 0.5) is 5.69 Å². The Kier molecular flexibility index (Phi) is 6.06. The number of carbonyl (C=O) groups excluding carboxylic acids is 1. The number of nitrogens with two attached hydrogens (primary N) is 1. The van der Waals surface area contributed by atoms with E-state index >= 15 is 0 Å². The molecular formula is C23H26N4O2. The predicted molar refractivity (Wildman–Crippen MR) is 114 cm³/mol. The molecule has 150 valence electrons. The molecule has 6 heteroatoms. The van der Waals surface area contributed by atoms with Crippen molar-refractivity contribution >= 4 is 11.6 Å². The normalized spacial score (nSPS) is 12.4. The van der Waals surface area contributed by atoms with Gasteiger partial charge >= 0.3 is 0 Å². The Bertz CT molecular complexity index is 977. The molecule has 1 aromatic heterocycles. The molecule has 3 rings (SSSR count). The van der Waals surface area contributed by atoms with Crippen molar-refractivity contribution in [3.63, 3.8) is 0 Å². The molecule has 1 amide bonds. The molecule has 0 aliphatic heterocycles. The second-order valence-electron chi connectivity index (χ2n) is 7.94. The van der Waals surface area contributed by atoms with E-state index in [-0.39, 0.29) is 12.0 Å². The van der Waals surface area contributed by atoms with Crippen molar-refractivity contribution < 1.29 is 9.90 Å². The monoisotopic (exact) mass is 390 g/mol. The van der Waals surface area contributed by atoms with Crippen LogP contribution < -0.4 is 11.1 Å². The molecule has 29 heavy (non-hydrogen) atoms. The maximum Gasteiger partial charge on any atom is 0.257 e. The SMILES string of the molecule is CC(C)(C)c1ccc(-c2cccc(C(O)C(=O)Nc3cnc(CN)nc3)c2)cc1. The van der Waals surface area contributed by atoms with Crippen molar-refractivity contribution in [2.45, 2.75) is 38.8 Å². The van der Waals surface area contributed by atoms with E-state index in [2.05, 4.69) is 60.3 Å². The molecule has 0 bridgehead atoms. The molecular weight excluding hydrogens is 364 g/mol. The zero-order valence-electron chi connectivity index (χ0n) is 16.9. The molecule has 1 atom stereocenters. The van der Waals surface area contributed by atoms with Gasteiger partial charge in [-0.05, 0) is 33.7 Å². The fourth-order valence-electron chi connectivity index (χ4n) is 2.94. The van der Waals surface area contributed by atoms with Gasteiger partial charge < -0.3 is 16.2 Å². The van der Waals surface area contributed by atoms with E-state index in [0.29, 0.717) is 17.1 Å². The topological polar surface area (TPSA) is 101 Å². The summed E-state index contributed by atoms with van der Waals surface area (Å²) in [7, 11) is 0. The van der Waals surface area contributed by atoms with Crippen LogP contribution in [0.5, 0.6) is 0 Å². The molecule has 3 aromatic rings. The summed E-state index contributed by atoms with van der Waals surface area (Å²) in [6, 6.07) is 15.7. The summed E-state index contributed by atoms with van der Waals surface area (Å²) in [5, 5.41) is 13.1. The number of rotatable bonds is 5. The lowest BCUT2D eigenvalue weighted by molar-refractivity contribution is -0.124. The van der Waals surface area contributed by atoms with Gasteiger partial charge in [-0.1, -0.05) is 63.2 Å². The Labute approximate surface area is 170 Å². The van der Waals surface area contributed by atoms with Gasteiger partial charge in [0.25, 0.3) is 5.91 Å². The molecule has 0 radical (unpaired) electrons. The molecule has 0 aliphatic carbocycles. The number of aromatic nitrogens is 2. The summed E-state index contributed by atoms with van der Waals surface area (Å²) < 4.78 is 0. The van der Waals surface area contributed by atoms with E-state index in [0.717, 1.165) is 11.1 Å². The first kappa shape index (κ1) is 20.6. The molecule has 1 heterocycles. The highest BCUT2D eigenvalue weighted by molar-refractivity contribution is 5.94. The van der Waals surface area contributed by atoms with Gasteiger partial charge in [-0.25, -0.2) is 9.97 Å². The number of aliphatic hydroxyl groups excluding tert-OH is 1. The van der Waals surface area contributed by atoms with Crippen LogP contribution in [0.1, 0.15) is 43.8 Å². The number of benzene rings is 2. The summed E-state index contributed by atoms with van der Waals surface area (Å²) >= 11 is 0.